The monoisotopic (exact) mass is 404 g/mol. The van der Waals surface area contributed by atoms with Gasteiger partial charge in [0.05, 0.1) is 4.34 Å². The van der Waals surface area contributed by atoms with Gasteiger partial charge in [0.25, 0.3) is 10.0 Å². The number of piperidine rings is 1. The first kappa shape index (κ1) is 19.1. The van der Waals surface area contributed by atoms with Gasteiger partial charge in [-0.05, 0) is 43.7 Å². The minimum absolute atomic E-state index is 0.0679. The Balaban J connectivity index is 1.55. The van der Waals surface area contributed by atoms with Gasteiger partial charge in [-0.2, -0.15) is 4.31 Å². The molecule has 1 aliphatic heterocycles. The molecule has 1 aliphatic carbocycles. The summed E-state index contributed by atoms with van der Waals surface area (Å²) in [6, 6.07) is 3.51. The van der Waals surface area contributed by atoms with Crippen molar-refractivity contribution < 1.29 is 13.2 Å². The molecule has 140 valence electrons. The fraction of sp³-hybridized carbons (Fsp3) is 0.706. The maximum atomic E-state index is 12.6. The van der Waals surface area contributed by atoms with E-state index < -0.39 is 10.0 Å². The van der Waals surface area contributed by atoms with Crippen molar-refractivity contribution in [3.05, 3.63) is 16.5 Å². The zero-order valence-electron chi connectivity index (χ0n) is 14.4. The van der Waals surface area contributed by atoms with E-state index >= 15 is 0 Å². The number of nitrogens with one attached hydrogen (secondary N) is 1. The highest BCUT2D eigenvalue weighted by Gasteiger charge is 2.34. The van der Waals surface area contributed by atoms with Gasteiger partial charge in [0, 0.05) is 25.0 Å². The van der Waals surface area contributed by atoms with Crippen LogP contribution >= 0.6 is 22.9 Å². The molecule has 1 aromatic rings. The maximum Gasteiger partial charge on any atom is 0.252 e. The topological polar surface area (TPSA) is 66.5 Å². The molecule has 1 atom stereocenters. The smallest absolute Gasteiger partial charge is 0.252 e. The van der Waals surface area contributed by atoms with Crippen LogP contribution in [0.15, 0.2) is 16.3 Å². The average Bonchev–Trinajstić information content (AvgIpc) is 3.26. The van der Waals surface area contributed by atoms with Gasteiger partial charge in [-0.25, -0.2) is 8.42 Å². The number of amides is 1. The van der Waals surface area contributed by atoms with E-state index in [4.69, 9.17) is 11.6 Å². The van der Waals surface area contributed by atoms with Crippen LogP contribution in [-0.2, 0) is 14.8 Å². The fourth-order valence-corrected chi connectivity index (χ4v) is 6.90. The van der Waals surface area contributed by atoms with Crippen molar-refractivity contribution in [1.82, 2.24) is 9.62 Å². The van der Waals surface area contributed by atoms with Gasteiger partial charge in [0.1, 0.15) is 4.21 Å². The molecule has 1 saturated carbocycles. The van der Waals surface area contributed by atoms with Gasteiger partial charge in [-0.15, -0.1) is 11.3 Å². The third-order valence-electron chi connectivity index (χ3n) is 5.46. The molecule has 0 radical (unpaired) electrons. The lowest BCUT2D eigenvalue weighted by atomic mass is 9.85. The summed E-state index contributed by atoms with van der Waals surface area (Å²) in [4.78, 5) is 12.4. The first-order valence-electron chi connectivity index (χ1n) is 8.94. The lowest BCUT2D eigenvalue weighted by Gasteiger charge is -2.33. The Labute approximate surface area is 158 Å². The van der Waals surface area contributed by atoms with Crippen molar-refractivity contribution in [1.29, 1.82) is 0 Å². The van der Waals surface area contributed by atoms with Gasteiger partial charge in [0.2, 0.25) is 5.91 Å². The largest absolute Gasteiger partial charge is 0.353 e. The van der Waals surface area contributed by atoms with Crippen LogP contribution in [0.2, 0.25) is 4.34 Å². The van der Waals surface area contributed by atoms with Crippen LogP contribution in [0.25, 0.3) is 0 Å². The van der Waals surface area contributed by atoms with Gasteiger partial charge < -0.3 is 5.32 Å². The Bertz CT molecular complexity index is 705. The van der Waals surface area contributed by atoms with Crippen LogP contribution in [0.5, 0.6) is 0 Å². The lowest BCUT2D eigenvalue weighted by Crippen LogP contribution is -2.44. The second-order valence-electron chi connectivity index (χ2n) is 7.08. The van der Waals surface area contributed by atoms with Crippen LogP contribution < -0.4 is 5.32 Å². The molecule has 2 heterocycles. The van der Waals surface area contributed by atoms with Crippen molar-refractivity contribution in [2.75, 3.05) is 13.1 Å². The number of nitrogens with zero attached hydrogens (tertiary/aromatic N) is 1. The highest BCUT2D eigenvalue weighted by Crippen LogP contribution is 2.32. The molecule has 3 rings (SSSR count). The van der Waals surface area contributed by atoms with E-state index in [1.54, 1.807) is 12.1 Å². The minimum Gasteiger partial charge on any atom is -0.353 e. The number of thiophene rings is 1. The molecule has 2 fully saturated rings. The molecule has 25 heavy (non-hydrogen) atoms. The molecule has 0 aromatic carbocycles. The molecule has 0 spiro atoms. The van der Waals surface area contributed by atoms with Gasteiger partial charge >= 0.3 is 0 Å². The number of halogens is 1. The van der Waals surface area contributed by atoms with Gasteiger partial charge in [-0.1, -0.05) is 31.4 Å². The summed E-state index contributed by atoms with van der Waals surface area (Å²) in [6.45, 7) is 2.89. The summed E-state index contributed by atoms with van der Waals surface area (Å²) < 4.78 is 27.6. The van der Waals surface area contributed by atoms with Crippen molar-refractivity contribution in [3.63, 3.8) is 0 Å². The van der Waals surface area contributed by atoms with Crippen LogP contribution in [0.4, 0.5) is 0 Å². The first-order chi connectivity index (χ1) is 11.9. The van der Waals surface area contributed by atoms with Crippen LogP contribution in [-0.4, -0.2) is 37.8 Å². The van der Waals surface area contributed by atoms with Gasteiger partial charge in [-0.3, -0.25) is 4.79 Å². The van der Waals surface area contributed by atoms with Crippen LogP contribution in [0.3, 0.4) is 0 Å². The normalized spacial score (nSPS) is 22.2. The van der Waals surface area contributed by atoms with E-state index in [2.05, 4.69) is 5.32 Å². The molecular formula is C17H25ClN2O3S2. The van der Waals surface area contributed by atoms with Crippen molar-refractivity contribution in [3.8, 4) is 0 Å². The summed E-state index contributed by atoms with van der Waals surface area (Å²) in [5.41, 5.74) is 0. The summed E-state index contributed by atoms with van der Waals surface area (Å²) in [7, 11) is -3.46. The highest BCUT2D eigenvalue weighted by molar-refractivity contribution is 7.91. The number of hydrogen-bond acceptors (Lipinski definition) is 4. The Kier molecular flexibility index (Phi) is 6.08. The van der Waals surface area contributed by atoms with E-state index in [0.717, 1.165) is 37.0 Å². The standard InChI is InChI=1S/C17H25ClN2O3S2/c1-12(17(21)19-14-4-2-3-5-14)13-8-10-20(11-9-13)25(22,23)16-7-6-15(18)24-16/h6-7,12-14H,2-5,8-11H2,1H3,(H,19,21)/t12-/m0/s1. The van der Waals surface area contributed by atoms with E-state index in [1.807, 2.05) is 6.92 Å². The third kappa shape index (κ3) is 4.38. The molecular weight excluding hydrogens is 380 g/mol. The lowest BCUT2D eigenvalue weighted by molar-refractivity contribution is -0.127. The molecule has 1 aromatic heterocycles. The quantitative estimate of drug-likeness (QED) is 0.816. The van der Waals surface area contributed by atoms with Crippen molar-refractivity contribution in [2.24, 2.45) is 11.8 Å². The predicted molar refractivity (Wildman–Crippen MR) is 100 cm³/mol. The summed E-state index contributed by atoms with van der Waals surface area (Å²) in [5.74, 6) is 0.291. The summed E-state index contributed by atoms with van der Waals surface area (Å²) in [6.07, 6.45) is 6.00. The molecule has 8 heteroatoms. The Morgan fingerprint density at radius 2 is 1.88 bits per heavy atom. The number of sulfonamides is 1. The molecule has 1 saturated heterocycles. The van der Waals surface area contributed by atoms with E-state index in [0.29, 0.717) is 27.7 Å². The number of hydrogen-bond donors (Lipinski definition) is 1. The maximum absolute atomic E-state index is 12.6. The van der Waals surface area contributed by atoms with Crippen LogP contribution in [0, 0.1) is 11.8 Å². The number of carbonyl (C=O) groups excluding carboxylic acids is 1. The molecule has 5 nitrogen and oxygen atoms in total. The molecule has 0 bridgehead atoms. The Hall–Kier alpha value is -0.630. The zero-order valence-corrected chi connectivity index (χ0v) is 16.8. The number of carbonyl (C=O) groups is 1. The van der Waals surface area contributed by atoms with Gasteiger partial charge in [0.15, 0.2) is 0 Å². The first-order valence-corrected chi connectivity index (χ1v) is 11.6. The summed E-state index contributed by atoms with van der Waals surface area (Å²) >= 11 is 6.96. The Morgan fingerprint density at radius 1 is 1.24 bits per heavy atom. The SMILES string of the molecule is C[C@H](C(=O)NC1CCCC1)C1CCN(S(=O)(=O)c2ccc(Cl)s2)CC1. The van der Waals surface area contributed by atoms with E-state index in [-0.39, 0.29) is 17.7 Å². The molecule has 1 amide bonds. The van der Waals surface area contributed by atoms with Crippen molar-refractivity contribution in [2.45, 2.75) is 55.7 Å². The second-order valence-corrected chi connectivity index (χ2v) is 11.0. The second kappa shape index (κ2) is 7.94. The minimum atomic E-state index is -3.46. The van der Waals surface area contributed by atoms with E-state index in [1.165, 1.54) is 17.1 Å². The van der Waals surface area contributed by atoms with Crippen molar-refractivity contribution >= 4 is 38.9 Å². The van der Waals surface area contributed by atoms with E-state index in [9.17, 15) is 13.2 Å². The molecule has 1 N–H and O–H groups in total. The zero-order chi connectivity index (χ0) is 18.0. The Morgan fingerprint density at radius 3 is 2.44 bits per heavy atom. The molecule has 0 unspecified atom stereocenters. The van der Waals surface area contributed by atoms with Crippen LogP contribution in [0.1, 0.15) is 45.4 Å². The molecule has 2 aliphatic rings. The summed E-state index contributed by atoms with van der Waals surface area (Å²) in [5, 5.41) is 3.16. The average molecular weight is 405 g/mol. The predicted octanol–water partition coefficient (Wildman–Crippen LogP) is 3.50. The third-order valence-corrected chi connectivity index (χ3v) is 9.06. The fourth-order valence-electron chi connectivity index (χ4n) is 3.80. The highest BCUT2D eigenvalue weighted by atomic mass is 35.5. The number of rotatable bonds is 5.